The van der Waals surface area contributed by atoms with E-state index in [2.05, 4.69) is 26.0 Å². The van der Waals surface area contributed by atoms with E-state index >= 15 is 0 Å². The number of carbonyl (C=O) groups excluding carboxylic acids is 1. The minimum Gasteiger partial charge on any atom is -0.303 e. The van der Waals surface area contributed by atoms with E-state index in [9.17, 15) is 4.79 Å². The summed E-state index contributed by atoms with van der Waals surface area (Å²) in [6.45, 7) is 4.67. The largest absolute Gasteiger partial charge is 0.303 e. The molecule has 90 valence electrons. The summed E-state index contributed by atoms with van der Waals surface area (Å²) in [4.78, 5) is 10.9. The van der Waals surface area contributed by atoms with Crippen molar-refractivity contribution in [3.05, 3.63) is 12.2 Å². The summed E-state index contributed by atoms with van der Waals surface area (Å²) < 4.78 is 0. The number of rotatable bonds is 2. The van der Waals surface area contributed by atoms with Crippen LogP contribution in [0.3, 0.4) is 0 Å². The highest BCUT2D eigenvalue weighted by atomic mass is 16.1. The van der Waals surface area contributed by atoms with Crippen LogP contribution in [0.25, 0.3) is 0 Å². The van der Waals surface area contributed by atoms with Crippen LogP contribution in [0.2, 0.25) is 0 Å². The summed E-state index contributed by atoms with van der Waals surface area (Å²) in [7, 11) is 0. The van der Waals surface area contributed by atoms with E-state index in [1.807, 2.05) is 0 Å². The molecule has 0 radical (unpaired) electrons. The molecule has 2 rings (SSSR count). The van der Waals surface area contributed by atoms with Crippen LogP contribution in [0.4, 0.5) is 0 Å². The molecule has 0 aromatic heterocycles. The van der Waals surface area contributed by atoms with Crippen molar-refractivity contribution in [1.29, 1.82) is 0 Å². The van der Waals surface area contributed by atoms with Gasteiger partial charge < -0.3 is 4.79 Å². The molecule has 0 saturated heterocycles. The number of carbonyl (C=O) groups is 1. The van der Waals surface area contributed by atoms with Gasteiger partial charge in [-0.2, -0.15) is 0 Å². The van der Waals surface area contributed by atoms with Crippen molar-refractivity contribution in [2.45, 2.75) is 52.4 Å². The van der Waals surface area contributed by atoms with Gasteiger partial charge in [0.05, 0.1) is 0 Å². The molecule has 16 heavy (non-hydrogen) atoms. The third kappa shape index (κ3) is 2.39. The van der Waals surface area contributed by atoms with Crippen LogP contribution < -0.4 is 0 Å². The summed E-state index contributed by atoms with van der Waals surface area (Å²) in [6, 6.07) is 0. The summed E-state index contributed by atoms with van der Waals surface area (Å²) in [5, 5.41) is 0. The molecule has 0 bridgehead atoms. The van der Waals surface area contributed by atoms with E-state index in [-0.39, 0.29) is 5.92 Å². The van der Waals surface area contributed by atoms with Crippen LogP contribution in [0.5, 0.6) is 0 Å². The normalized spacial score (nSPS) is 34.9. The van der Waals surface area contributed by atoms with Gasteiger partial charge in [-0.1, -0.05) is 58.1 Å². The first-order valence-electron chi connectivity index (χ1n) is 6.78. The topological polar surface area (TPSA) is 17.1 Å². The lowest BCUT2D eigenvalue weighted by atomic mass is 9.62. The number of hydrogen-bond acceptors (Lipinski definition) is 1. The highest BCUT2D eigenvalue weighted by Gasteiger charge is 2.37. The van der Waals surface area contributed by atoms with Crippen molar-refractivity contribution < 1.29 is 4.79 Å². The molecular weight excluding hydrogens is 196 g/mol. The van der Waals surface area contributed by atoms with Crippen LogP contribution in [0.15, 0.2) is 12.2 Å². The number of aldehydes is 1. The number of hydrogen-bond donors (Lipinski definition) is 0. The van der Waals surface area contributed by atoms with Crippen molar-refractivity contribution in [2.24, 2.45) is 23.2 Å². The van der Waals surface area contributed by atoms with Crippen LogP contribution in [-0.4, -0.2) is 6.29 Å². The Morgan fingerprint density at radius 2 is 1.88 bits per heavy atom. The van der Waals surface area contributed by atoms with Gasteiger partial charge in [0, 0.05) is 5.92 Å². The van der Waals surface area contributed by atoms with Crippen molar-refractivity contribution in [3.8, 4) is 0 Å². The van der Waals surface area contributed by atoms with Gasteiger partial charge >= 0.3 is 0 Å². The molecule has 1 nitrogen and oxygen atoms in total. The molecule has 2 unspecified atom stereocenters. The molecule has 0 amide bonds. The highest BCUT2D eigenvalue weighted by molar-refractivity contribution is 5.57. The standard InChI is InChI=1S/C15H24O/c1-15(2)9-8-12(11-16)10-14(15)13-6-4-3-5-7-13/h8-9,11-14H,3-7,10H2,1-2H3. The molecule has 1 heteroatoms. The average Bonchev–Trinajstić information content (AvgIpc) is 2.30. The van der Waals surface area contributed by atoms with Crippen molar-refractivity contribution in [1.82, 2.24) is 0 Å². The Balaban J connectivity index is 2.11. The highest BCUT2D eigenvalue weighted by Crippen LogP contribution is 2.46. The second kappa shape index (κ2) is 4.73. The van der Waals surface area contributed by atoms with Gasteiger partial charge in [0.1, 0.15) is 6.29 Å². The Morgan fingerprint density at radius 3 is 2.50 bits per heavy atom. The fraction of sp³-hybridized carbons (Fsp3) is 0.800. The van der Waals surface area contributed by atoms with Crippen LogP contribution in [0, 0.1) is 23.2 Å². The van der Waals surface area contributed by atoms with Gasteiger partial charge in [-0.05, 0) is 23.7 Å². The second-order valence-electron chi connectivity index (χ2n) is 6.22. The van der Waals surface area contributed by atoms with E-state index < -0.39 is 0 Å². The third-order valence-electron chi connectivity index (χ3n) is 4.65. The van der Waals surface area contributed by atoms with Gasteiger partial charge in [-0.25, -0.2) is 0 Å². The molecule has 2 aliphatic carbocycles. The third-order valence-corrected chi connectivity index (χ3v) is 4.65. The molecule has 0 aromatic carbocycles. The van der Waals surface area contributed by atoms with E-state index in [1.54, 1.807) is 0 Å². The van der Waals surface area contributed by atoms with E-state index in [0.717, 1.165) is 18.6 Å². The van der Waals surface area contributed by atoms with Gasteiger partial charge in [-0.3, -0.25) is 0 Å². The lowest BCUT2D eigenvalue weighted by Crippen LogP contribution is -2.35. The first kappa shape index (κ1) is 11.9. The molecule has 1 saturated carbocycles. The summed E-state index contributed by atoms with van der Waals surface area (Å²) >= 11 is 0. The van der Waals surface area contributed by atoms with E-state index in [0.29, 0.717) is 11.3 Å². The van der Waals surface area contributed by atoms with Gasteiger partial charge in [-0.15, -0.1) is 0 Å². The SMILES string of the molecule is CC1(C)C=CC(C=O)CC1C1CCCCC1. The van der Waals surface area contributed by atoms with Crippen molar-refractivity contribution >= 4 is 6.29 Å². The van der Waals surface area contributed by atoms with Crippen LogP contribution in [-0.2, 0) is 4.79 Å². The molecule has 0 heterocycles. The first-order valence-corrected chi connectivity index (χ1v) is 6.78. The molecule has 0 spiro atoms. The lowest BCUT2D eigenvalue weighted by molar-refractivity contribution is -0.111. The van der Waals surface area contributed by atoms with Gasteiger partial charge in [0.15, 0.2) is 0 Å². The van der Waals surface area contributed by atoms with E-state index in [1.165, 1.54) is 32.1 Å². The fourth-order valence-electron chi connectivity index (χ4n) is 3.61. The molecule has 1 fully saturated rings. The predicted molar refractivity (Wildman–Crippen MR) is 67.2 cm³/mol. The molecule has 0 N–H and O–H groups in total. The molecular formula is C15H24O. The minimum atomic E-state index is 0.181. The Labute approximate surface area is 99.3 Å². The van der Waals surface area contributed by atoms with Crippen LogP contribution >= 0.6 is 0 Å². The maximum absolute atomic E-state index is 10.9. The van der Waals surface area contributed by atoms with Gasteiger partial charge in [0.25, 0.3) is 0 Å². The van der Waals surface area contributed by atoms with E-state index in [4.69, 9.17) is 0 Å². The zero-order valence-corrected chi connectivity index (χ0v) is 10.6. The Bertz CT molecular complexity index is 271. The monoisotopic (exact) mass is 220 g/mol. The van der Waals surface area contributed by atoms with Gasteiger partial charge in [0.2, 0.25) is 0 Å². The molecule has 0 aliphatic heterocycles. The second-order valence-corrected chi connectivity index (χ2v) is 6.22. The summed E-state index contributed by atoms with van der Waals surface area (Å²) in [5.74, 6) is 1.75. The van der Waals surface area contributed by atoms with Crippen molar-refractivity contribution in [3.63, 3.8) is 0 Å². The Kier molecular flexibility index (Phi) is 3.51. The fourth-order valence-corrected chi connectivity index (χ4v) is 3.61. The summed E-state index contributed by atoms with van der Waals surface area (Å²) in [5.41, 5.74) is 0.293. The minimum absolute atomic E-state index is 0.181. The zero-order valence-electron chi connectivity index (χ0n) is 10.6. The average molecular weight is 220 g/mol. The predicted octanol–water partition coefficient (Wildman–Crippen LogP) is 3.98. The lowest BCUT2D eigenvalue weighted by Gasteiger charge is -2.43. The number of allylic oxidation sites excluding steroid dienone is 2. The quantitative estimate of drug-likeness (QED) is 0.508. The zero-order chi connectivity index (χ0) is 11.6. The molecule has 0 aromatic rings. The molecule has 2 atom stereocenters. The van der Waals surface area contributed by atoms with Crippen molar-refractivity contribution in [2.75, 3.05) is 0 Å². The maximum atomic E-state index is 10.9. The Hall–Kier alpha value is -0.590. The first-order chi connectivity index (χ1) is 7.63. The molecule has 2 aliphatic rings. The smallest absolute Gasteiger partial charge is 0.126 e. The summed E-state index contributed by atoms with van der Waals surface area (Å²) in [6.07, 6.45) is 13.6. The van der Waals surface area contributed by atoms with Crippen LogP contribution in [0.1, 0.15) is 52.4 Å². The maximum Gasteiger partial charge on any atom is 0.126 e. The Morgan fingerprint density at radius 1 is 1.19 bits per heavy atom.